The first-order chi connectivity index (χ1) is 14.1. The van der Waals surface area contributed by atoms with E-state index in [1.165, 1.54) is 12.1 Å². The van der Waals surface area contributed by atoms with E-state index in [0.29, 0.717) is 5.65 Å². The first-order valence-corrected chi connectivity index (χ1v) is 9.66. The number of aromatic nitrogens is 3. The van der Waals surface area contributed by atoms with Gasteiger partial charge in [-0.2, -0.15) is 5.10 Å². The van der Waals surface area contributed by atoms with Gasteiger partial charge in [0, 0.05) is 18.8 Å². The van der Waals surface area contributed by atoms with E-state index in [1.807, 2.05) is 49.4 Å². The third kappa shape index (κ3) is 2.93. The summed E-state index contributed by atoms with van der Waals surface area (Å²) in [5, 5.41) is 15.2. The van der Waals surface area contributed by atoms with Crippen molar-refractivity contribution in [1.82, 2.24) is 14.8 Å². The first-order valence-electron chi connectivity index (χ1n) is 9.66. The van der Waals surface area contributed by atoms with E-state index in [9.17, 15) is 9.90 Å². The Morgan fingerprint density at radius 2 is 1.72 bits per heavy atom. The number of para-hydroxylation sites is 1. The number of hydrogen-bond donors (Lipinski definition) is 1. The van der Waals surface area contributed by atoms with Crippen LogP contribution in [0.15, 0.2) is 60.7 Å². The fourth-order valence-corrected chi connectivity index (χ4v) is 3.80. The van der Waals surface area contributed by atoms with E-state index in [-0.39, 0.29) is 5.69 Å². The molecule has 144 valence electrons. The molecule has 3 heterocycles. The van der Waals surface area contributed by atoms with Gasteiger partial charge in [-0.3, -0.25) is 0 Å². The summed E-state index contributed by atoms with van der Waals surface area (Å²) < 4.78 is 1.72. The van der Waals surface area contributed by atoms with Crippen molar-refractivity contribution in [2.45, 2.75) is 13.3 Å². The average Bonchev–Trinajstić information content (AvgIpc) is 3.04. The quantitative estimate of drug-likeness (QED) is 0.568. The number of aryl methyl sites for hydroxylation is 1. The van der Waals surface area contributed by atoms with Crippen molar-refractivity contribution in [1.29, 1.82) is 0 Å². The molecule has 0 spiro atoms. The highest BCUT2D eigenvalue weighted by atomic mass is 16.4. The highest BCUT2D eigenvalue weighted by Crippen LogP contribution is 2.33. The zero-order valence-electron chi connectivity index (χ0n) is 16.0. The van der Waals surface area contributed by atoms with Gasteiger partial charge in [0.25, 0.3) is 0 Å². The lowest BCUT2D eigenvalue weighted by Gasteiger charge is -2.33. The molecule has 1 aliphatic rings. The van der Waals surface area contributed by atoms with Gasteiger partial charge in [-0.15, -0.1) is 0 Å². The number of carbonyl (C=O) groups is 1. The van der Waals surface area contributed by atoms with Crippen LogP contribution in [0, 0.1) is 6.92 Å². The summed E-state index contributed by atoms with van der Waals surface area (Å²) in [4.78, 5) is 18.5. The smallest absolute Gasteiger partial charge is 0.354 e. The summed E-state index contributed by atoms with van der Waals surface area (Å²) in [7, 11) is 0. The molecule has 0 bridgehead atoms. The van der Waals surface area contributed by atoms with E-state index >= 15 is 0 Å². The molecule has 1 N–H and O–H groups in total. The van der Waals surface area contributed by atoms with Gasteiger partial charge in [0.2, 0.25) is 0 Å². The van der Waals surface area contributed by atoms with Gasteiger partial charge >= 0.3 is 5.97 Å². The number of carboxylic acids is 1. The molecule has 29 heavy (non-hydrogen) atoms. The molecular formula is C23H20N4O2. The second-order valence-corrected chi connectivity index (χ2v) is 7.28. The predicted molar refractivity (Wildman–Crippen MR) is 113 cm³/mol. The van der Waals surface area contributed by atoms with E-state index in [1.54, 1.807) is 10.7 Å². The van der Waals surface area contributed by atoms with Crippen LogP contribution in [0.25, 0.3) is 27.8 Å². The van der Waals surface area contributed by atoms with Crippen LogP contribution in [-0.2, 0) is 0 Å². The third-order valence-electron chi connectivity index (χ3n) is 5.43. The topological polar surface area (TPSA) is 71.2 Å². The first kappa shape index (κ1) is 17.4. The third-order valence-corrected chi connectivity index (χ3v) is 5.43. The molecule has 0 atom stereocenters. The Labute approximate surface area is 168 Å². The number of nitrogens with zero attached hydrogens (tertiary/aromatic N) is 4. The van der Waals surface area contributed by atoms with Crippen molar-refractivity contribution in [2.24, 2.45) is 0 Å². The van der Waals surface area contributed by atoms with E-state index < -0.39 is 5.97 Å². The lowest BCUT2D eigenvalue weighted by atomic mass is 10.00. The summed E-state index contributed by atoms with van der Waals surface area (Å²) in [6, 6.07) is 19.6. The summed E-state index contributed by atoms with van der Waals surface area (Å²) in [5.41, 5.74) is 5.21. The summed E-state index contributed by atoms with van der Waals surface area (Å²) in [6.45, 7) is 4.11. The van der Waals surface area contributed by atoms with Crippen LogP contribution in [-0.4, -0.2) is 38.9 Å². The van der Waals surface area contributed by atoms with Crippen molar-refractivity contribution < 1.29 is 9.90 Å². The number of rotatable bonds is 4. The SMILES string of the molecule is Cc1nn(-c2ccccc2)c2nc(C(=O)O)cc(-c3ccc(N4CCC4)cc3)c12. The summed E-state index contributed by atoms with van der Waals surface area (Å²) in [5.74, 6) is -1.05. The zero-order valence-corrected chi connectivity index (χ0v) is 16.0. The highest BCUT2D eigenvalue weighted by molar-refractivity contribution is 6.00. The van der Waals surface area contributed by atoms with Crippen LogP contribution in [0.1, 0.15) is 22.6 Å². The maximum absolute atomic E-state index is 11.8. The maximum Gasteiger partial charge on any atom is 0.354 e. The highest BCUT2D eigenvalue weighted by Gasteiger charge is 2.20. The minimum atomic E-state index is -1.05. The van der Waals surface area contributed by atoms with E-state index in [0.717, 1.165) is 41.0 Å². The van der Waals surface area contributed by atoms with Gasteiger partial charge in [0.1, 0.15) is 0 Å². The lowest BCUT2D eigenvalue weighted by molar-refractivity contribution is 0.0691. The van der Waals surface area contributed by atoms with Gasteiger partial charge in [0.05, 0.1) is 16.8 Å². The van der Waals surface area contributed by atoms with Crippen molar-refractivity contribution >= 4 is 22.7 Å². The van der Waals surface area contributed by atoms with Crippen molar-refractivity contribution in [3.63, 3.8) is 0 Å². The normalized spacial score (nSPS) is 13.5. The minimum Gasteiger partial charge on any atom is -0.477 e. The monoisotopic (exact) mass is 384 g/mol. The van der Waals surface area contributed by atoms with Crippen molar-refractivity contribution in [2.75, 3.05) is 18.0 Å². The Kier molecular flexibility index (Phi) is 4.05. The second-order valence-electron chi connectivity index (χ2n) is 7.28. The van der Waals surface area contributed by atoms with Crippen LogP contribution in [0.5, 0.6) is 0 Å². The standard InChI is InChI=1S/C23H20N4O2/c1-15-21-19(16-8-10-17(11-9-16)26-12-5-13-26)14-20(23(28)29)24-22(21)27(25-15)18-6-3-2-4-7-18/h2-4,6-11,14H,5,12-13H2,1H3,(H,28,29). The maximum atomic E-state index is 11.8. The Balaban J connectivity index is 1.72. The van der Waals surface area contributed by atoms with Crippen LogP contribution >= 0.6 is 0 Å². The largest absolute Gasteiger partial charge is 0.477 e. The zero-order chi connectivity index (χ0) is 20.0. The molecule has 0 amide bonds. The van der Waals surface area contributed by atoms with Crippen LogP contribution < -0.4 is 4.90 Å². The number of hydrogen-bond acceptors (Lipinski definition) is 4. The van der Waals surface area contributed by atoms with Crippen LogP contribution in [0.2, 0.25) is 0 Å². The molecular weight excluding hydrogens is 364 g/mol. The van der Waals surface area contributed by atoms with Gasteiger partial charge in [0.15, 0.2) is 11.3 Å². The molecule has 0 unspecified atom stereocenters. The molecule has 0 aliphatic carbocycles. The van der Waals surface area contributed by atoms with E-state index in [4.69, 9.17) is 0 Å². The molecule has 1 saturated heterocycles. The molecule has 6 heteroatoms. The number of benzene rings is 2. The van der Waals surface area contributed by atoms with Gasteiger partial charge in [-0.25, -0.2) is 14.5 Å². The molecule has 1 aliphatic heterocycles. The van der Waals surface area contributed by atoms with Gasteiger partial charge in [-0.1, -0.05) is 30.3 Å². The molecule has 0 radical (unpaired) electrons. The number of anilines is 1. The average molecular weight is 384 g/mol. The van der Waals surface area contributed by atoms with Gasteiger partial charge in [-0.05, 0) is 54.8 Å². The minimum absolute atomic E-state index is 0.0106. The Morgan fingerprint density at radius 1 is 1.00 bits per heavy atom. The van der Waals surface area contributed by atoms with Crippen LogP contribution in [0.3, 0.4) is 0 Å². The fraction of sp³-hybridized carbons (Fsp3) is 0.174. The molecule has 0 saturated carbocycles. The van der Waals surface area contributed by atoms with Gasteiger partial charge < -0.3 is 10.0 Å². The molecule has 2 aromatic carbocycles. The number of fused-ring (bicyclic) bond motifs is 1. The van der Waals surface area contributed by atoms with Crippen LogP contribution in [0.4, 0.5) is 5.69 Å². The molecule has 5 rings (SSSR count). The fourth-order valence-electron chi connectivity index (χ4n) is 3.80. The van der Waals surface area contributed by atoms with E-state index in [2.05, 4.69) is 27.1 Å². The Bertz CT molecular complexity index is 1210. The summed E-state index contributed by atoms with van der Waals surface area (Å²) in [6.07, 6.45) is 1.23. The van der Waals surface area contributed by atoms with Crippen molar-refractivity contribution in [3.05, 3.63) is 72.1 Å². The molecule has 2 aromatic heterocycles. The molecule has 4 aromatic rings. The Morgan fingerprint density at radius 3 is 2.34 bits per heavy atom. The number of pyridine rings is 1. The predicted octanol–water partition coefficient (Wildman–Crippen LogP) is 4.30. The molecule has 6 nitrogen and oxygen atoms in total. The summed E-state index contributed by atoms with van der Waals surface area (Å²) >= 11 is 0. The Hall–Kier alpha value is -3.67. The molecule has 1 fully saturated rings. The lowest BCUT2D eigenvalue weighted by Crippen LogP contribution is -2.36. The van der Waals surface area contributed by atoms with Crippen molar-refractivity contribution in [3.8, 4) is 16.8 Å². The number of aromatic carboxylic acids is 1. The second kappa shape index (κ2) is 6.74. The number of carboxylic acid groups (broad SMARTS) is 1.